The third-order valence-electron chi connectivity index (χ3n) is 2.11. The number of ether oxygens (including phenoxy) is 3. The Labute approximate surface area is 106 Å². The van der Waals surface area contributed by atoms with Crippen LogP contribution in [0.1, 0.15) is 10.4 Å². The topological polar surface area (TPSA) is 96.8 Å². The average Bonchev–Trinajstić information content (AvgIpc) is 2.32. The maximum absolute atomic E-state index is 11.6. The molecule has 0 radical (unpaired) electrons. The van der Waals surface area contributed by atoms with Crippen molar-refractivity contribution in [2.75, 3.05) is 45.0 Å². The second-order valence-corrected chi connectivity index (χ2v) is 3.63. The number of benzene rings is 1. The lowest BCUT2D eigenvalue weighted by Crippen LogP contribution is -2.13. The number of esters is 1. The summed E-state index contributed by atoms with van der Waals surface area (Å²) in [6, 6.07) is 4.61. The smallest absolute Gasteiger partial charge is 0.338 e. The highest BCUT2D eigenvalue weighted by Gasteiger charge is 2.08. The van der Waals surface area contributed by atoms with Crippen molar-refractivity contribution in [2.45, 2.75) is 0 Å². The van der Waals surface area contributed by atoms with Crippen molar-refractivity contribution in [2.24, 2.45) is 0 Å². The van der Waals surface area contributed by atoms with Crippen LogP contribution in [0.4, 0.5) is 11.4 Å². The van der Waals surface area contributed by atoms with Gasteiger partial charge in [0, 0.05) is 18.5 Å². The van der Waals surface area contributed by atoms with Crippen LogP contribution in [-0.4, -0.2) is 39.5 Å². The number of methoxy groups -OCH3 is 1. The van der Waals surface area contributed by atoms with Gasteiger partial charge in [0.1, 0.15) is 6.61 Å². The van der Waals surface area contributed by atoms with Crippen molar-refractivity contribution in [3.8, 4) is 0 Å². The summed E-state index contributed by atoms with van der Waals surface area (Å²) in [5, 5.41) is 0. The Morgan fingerprint density at radius 1 is 1.06 bits per heavy atom. The first kappa shape index (κ1) is 14.3. The molecule has 0 saturated heterocycles. The molecule has 0 unspecified atom stereocenters. The normalized spacial score (nSPS) is 10.3. The third-order valence-corrected chi connectivity index (χ3v) is 2.11. The monoisotopic (exact) mass is 254 g/mol. The quantitative estimate of drug-likeness (QED) is 0.422. The highest BCUT2D eigenvalue weighted by Crippen LogP contribution is 2.14. The first-order chi connectivity index (χ1) is 8.63. The van der Waals surface area contributed by atoms with Crippen molar-refractivity contribution < 1.29 is 19.0 Å². The van der Waals surface area contributed by atoms with E-state index >= 15 is 0 Å². The summed E-state index contributed by atoms with van der Waals surface area (Å²) in [7, 11) is 1.59. The van der Waals surface area contributed by atoms with E-state index in [4.69, 9.17) is 25.7 Å². The lowest BCUT2D eigenvalue weighted by atomic mass is 10.2. The van der Waals surface area contributed by atoms with Gasteiger partial charge >= 0.3 is 5.97 Å². The van der Waals surface area contributed by atoms with Crippen molar-refractivity contribution in [3.05, 3.63) is 23.8 Å². The van der Waals surface area contributed by atoms with Gasteiger partial charge in [-0.3, -0.25) is 0 Å². The molecule has 4 N–H and O–H groups in total. The average molecular weight is 254 g/mol. The highest BCUT2D eigenvalue weighted by molar-refractivity contribution is 5.91. The van der Waals surface area contributed by atoms with Crippen LogP contribution in [0.15, 0.2) is 18.2 Å². The summed E-state index contributed by atoms with van der Waals surface area (Å²) in [5.41, 5.74) is 12.4. The van der Waals surface area contributed by atoms with E-state index in [2.05, 4.69) is 0 Å². The van der Waals surface area contributed by atoms with Crippen LogP contribution in [0.25, 0.3) is 0 Å². The fourth-order valence-electron chi connectivity index (χ4n) is 1.32. The lowest BCUT2D eigenvalue weighted by molar-refractivity contribution is 0.0214. The Bertz CT molecular complexity index is 375. The number of hydrogen-bond donors (Lipinski definition) is 2. The number of rotatable bonds is 7. The van der Waals surface area contributed by atoms with Gasteiger partial charge in [0.2, 0.25) is 0 Å². The number of carbonyl (C=O) groups excluding carboxylic acids is 1. The molecular formula is C12H18N2O4. The third kappa shape index (κ3) is 5.03. The number of anilines is 2. The molecule has 0 saturated carbocycles. The molecule has 0 bridgehead atoms. The number of hydrogen-bond acceptors (Lipinski definition) is 6. The van der Waals surface area contributed by atoms with E-state index < -0.39 is 5.97 Å². The molecule has 0 aliphatic carbocycles. The van der Waals surface area contributed by atoms with E-state index in [9.17, 15) is 4.79 Å². The van der Waals surface area contributed by atoms with Crippen LogP contribution >= 0.6 is 0 Å². The summed E-state index contributed by atoms with van der Waals surface area (Å²) in [6.07, 6.45) is 0. The van der Waals surface area contributed by atoms with Crippen molar-refractivity contribution in [1.29, 1.82) is 0 Å². The van der Waals surface area contributed by atoms with Crippen LogP contribution in [0.2, 0.25) is 0 Å². The fraction of sp³-hybridized carbons (Fsp3) is 0.417. The van der Waals surface area contributed by atoms with Gasteiger partial charge < -0.3 is 25.7 Å². The molecule has 0 aromatic heterocycles. The highest BCUT2D eigenvalue weighted by atomic mass is 16.6. The summed E-state index contributed by atoms with van der Waals surface area (Å²) < 4.78 is 15.0. The zero-order valence-electron chi connectivity index (χ0n) is 10.3. The van der Waals surface area contributed by atoms with Gasteiger partial charge in [-0.15, -0.1) is 0 Å². The molecular weight excluding hydrogens is 236 g/mol. The molecule has 100 valence electrons. The fourth-order valence-corrected chi connectivity index (χ4v) is 1.32. The van der Waals surface area contributed by atoms with Gasteiger partial charge in [-0.05, 0) is 18.2 Å². The first-order valence-electron chi connectivity index (χ1n) is 5.53. The van der Waals surface area contributed by atoms with E-state index in [1.165, 1.54) is 12.1 Å². The van der Waals surface area contributed by atoms with Crippen LogP contribution in [0.3, 0.4) is 0 Å². The molecule has 0 aliphatic heterocycles. The van der Waals surface area contributed by atoms with Gasteiger partial charge in [0.15, 0.2) is 0 Å². The molecule has 0 fully saturated rings. The van der Waals surface area contributed by atoms with E-state index in [0.717, 1.165) is 0 Å². The van der Waals surface area contributed by atoms with Crippen LogP contribution < -0.4 is 11.5 Å². The maximum atomic E-state index is 11.6. The van der Waals surface area contributed by atoms with E-state index in [-0.39, 0.29) is 6.61 Å². The summed E-state index contributed by atoms with van der Waals surface area (Å²) in [6.45, 7) is 1.49. The van der Waals surface area contributed by atoms with Crippen LogP contribution in [0, 0.1) is 0 Å². The molecule has 0 amide bonds. The largest absolute Gasteiger partial charge is 0.460 e. The van der Waals surface area contributed by atoms with Crippen molar-refractivity contribution >= 4 is 17.3 Å². The molecule has 1 rings (SSSR count). The minimum Gasteiger partial charge on any atom is -0.460 e. The number of nitrogen functional groups attached to an aromatic ring is 2. The van der Waals surface area contributed by atoms with Gasteiger partial charge in [-0.2, -0.15) is 0 Å². The zero-order chi connectivity index (χ0) is 13.4. The van der Waals surface area contributed by atoms with Crippen LogP contribution in [-0.2, 0) is 14.2 Å². The Morgan fingerprint density at radius 3 is 2.28 bits per heavy atom. The minimum atomic E-state index is -0.468. The molecule has 1 aromatic rings. The van der Waals surface area contributed by atoms with Crippen molar-refractivity contribution in [1.82, 2.24) is 0 Å². The molecule has 0 spiro atoms. The maximum Gasteiger partial charge on any atom is 0.338 e. The van der Waals surface area contributed by atoms with Gasteiger partial charge in [-0.1, -0.05) is 0 Å². The summed E-state index contributed by atoms with van der Waals surface area (Å²) in [4.78, 5) is 11.6. The second-order valence-electron chi connectivity index (χ2n) is 3.63. The van der Waals surface area contributed by atoms with Gasteiger partial charge in [0.25, 0.3) is 0 Å². The number of carbonyl (C=O) groups is 1. The Morgan fingerprint density at radius 2 is 1.67 bits per heavy atom. The second kappa shape index (κ2) is 7.52. The Balaban J connectivity index is 2.32. The molecule has 0 heterocycles. The predicted octanol–water partition coefficient (Wildman–Crippen LogP) is 0.671. The molecule has 0 aliphatic rings. The molecule has 0 atom stereocenters. The van der Waals surface area contributed by atoms with Crippen molar-refractivity contribution in [3.63, 3.8) is 0 Å². The molecule has 1 aromatic carbocycles. The molecule has 18 heavy (non-hydrogen) atoms. The van der Waals surface area contributed by atoms with Crippen LogP contribution in [0.5, 0.6) is 0 Å². The predicted molar refractivity (Wildman–Crippen MR) is 68.2 cm³/mol. The SMILES string of the molecule is COCCOCCOC(=O)c1cc(N)cc(N)c1. The standard InChI is InChI=1S/C12H18N2O4/c1-16-2-3-17-4-5-18-12(15)9-6-10(13)8-11(14)7-9/h6-8H,2-5,13-14H2,1H3. The van der Waals surface area contributed by atoms with E-state index in [1.54, 1.807) is 13.2 Å². The van der Waals surface area contributed by atoms with Gasteiger partial charge in [-0.25, -0.2) is 4.79 Å². The number of nitrogens with two attached hydrogens (primary N) is 2. The minimum absolute atomic E-state index is 0.178. The van der Waals surface area contributed by atoms with E-state index in [0.29, 0.717) is 36.8 Å². The summed E-state index contributed by atoms with van der Waals surface area (Å²) >= 11 is 0. The zero-order valence-corrected chi connectivity index (χ0v) is 10.3. The Kier molecular flexibility index (Phi) is 5.96. The molecule has 6 heteroatoms. The summed E-state index contributed by atoms with van der Waals surface area (Å²) in [5.74, 6) is -0.468. The molecule has 6 nitrogen and oxygen atoms in total. The first-order valence-corrected chi connectivity index (χ1v) is 5.53. The lowest BCUT2D eigenvalue weighted by Gasteiger charge is -2.07. The van der Waals surface area contributed by atoms with Gasteiger partial charge in [0.05, 0.1) is 25.4 Å². The Hall–Kier alpha value is -1.79. The van der Waals surface area contributed by atoms with E-state index in [1.807, 2.05) is 0 Å².